The van der Waals surface area contributed by atoms with Crippen LogP contribution in [0.4, 0.5) is 5.69 Å². The molecule has 4 nitrogen and oxygen atoms in total. The smallest absolute Gasteiger partial charge is 0.231 e. The quantitative estimate of drug-likeness (QED) is 0.758. The lowest BCUT2D eigenvalue weighted by atomic mass is 9.96. The molecule has 5 heteroatoms. The number of carbonyl (C=O) groups is 1. The number of benzene rings is 2. The van der Waals surface area contributed by atoms with E-state index in [-0.39, 0.29) is 11.9 Å². The van der Waals surface area contributed by atoms with E-state index >= 15 is 0 Å². The monoisotopic (exact) mass is 401 g/mol. The summed E-state index contributed by atoms with van der Waals surface area (Å²) < 4.78 is 12.1. The molecule has 25 heavy (non-hydrogen) atoms. The molecule has 0 saturated carbocycles. The zero-order valence-corrected chi connectivity index (χ0v) is 15.7. The number of hydrogen-bond donors (Lipinski definition) is 0. The molecule has 0 aliphatic carbocycles. The number of carbonyl (C=O) groups excluding carboxylic acids is 1. The van der Waals surface area contributed by atoms with Crippen LogP contribution in [0.2, 0.25) is 0 Å². The van der Waals surface area contributed by atoms with Gasteiger partial charge in [0.15, 0.2) is 11.5 Å². The highest BCUT2D eigenvalue weighted by Crippen LogP contribution is 2.37. The van der Waals surface area contributed by atoms with Gasteiger partial charge in [-0.25, -0.2) is 0 Å². The minimum atomic E-state index is 0.108. The van der Waals surface area contributed by atoms with Gasteiger partial charge in [0.05, 0.1) is 6.42 Å². The summed E-state index contributed by atoms with van der Waals surface area (Å²) in [6.45, 7) is 3.21. The van der Waals surface area contributed by atoms with Gasteiger partial charge in [0.1, 0.15) is 13.2 Å². The molecule has 0 aromatic heterocycles. The predicted octanol–water partition coefficient (Wildman–Crippen LogP) is 4.13. The zero-order chi connectivity index (χ0) is 17.4. The van der Waals surface area contributed by atoms with Gasteiger partial charge in [-0.15, -0.1) is 0 Å². The van der Waals surface area contributed by atoms with E-state index in [0.717, 1.165) is 34.3 Å². The first-order valence-corrected chi connectivity index (χ1v) is 9.41. The van der Waals surface area contributed by atoms with Gasteiger partial charge in [-0.05, 0) is 49.1 Å². The van der Waals surface area contributed by atoms with Crippen LogP contribution in [-0.2, 0) is 17.6 Å². The second-order valence-electron chi connectivity index (χ2n) is 6.54. The van der Waals surface area contributed by atoms with Crippen LogP contribution in [0.5, 0.6) is 11.5 Å². The Kier molecular flexibility index (Phi) is 4.42. The van der Waals surface area contributed by atoms with Gasteiger partial charge in [0, 0.05) is 16.2 Å². The molecule has 4 rings (SSSR count). The number of hydrogen-bond acceptors (Lipinski definition) is 3. The van der Waals surface area contributed by atoms with Crippen molar-refractivity contribution in [3.63, 3.8) is 0 Å². The zero-order valence-electron chi connectivity index (χ0n) is 14.1. The maximum absolute atomic E-state index is 13.1. The lowest BCUT2D eigenvalue weighted by Crippen LogP contribution is -2.43. The summed E-state index contributed by atoms with van der Waals surface area (Å²) in [7, 11) is 0. The number of fused-ring (bicyclic) bond motifs is 2. The van der Waals surface area contributed by atoms with Gasteiger partial charge in [-0.1, -0.05) is 34.1 Å². The van der Waals surface area contributed by atoms with Crippen LogP contribution < -0.4 is 14.4 Å². The van der Waals surface area contributed by atoms with E-state index in [2.05, 4.69) is 28.9 Å². The fourth-order valence-corrected chi connectivity index (χ4v) is 4.02. The second-order valence-corrected chi connectivity index (χ2v) is 7.40. The molecule has 1 amide bonds. The van der Waals surface area contributed by atoms with Crippen molar-refractivity contribution in [3.05, 3.63) is 52.0 Å². The average Bonchev–Trinajstić information content (AvgIpc) is 2.62. The van der Waals surface area contributed by atoms with Gasteiger partial charge >= 0.3 is 0 Å². The molecule has 0 saturated heterocycles. The number of nitrogens with zero attached hydrogens (tertiary/aromatic N) is 1. The van der Waals surface area contributed by atoms with E-state index in [1.165, 1.54) is 5.56 Å². The molecule has 2 aliphatic rings. The number of rotatable bonds is 2. The van der Waals surface area contributed by atoms with E-state index in [1.807, 2.05) is 35.2 Å². The van der Waals surface area contributed by atoms with Crippen LogP contribution in [0.1, 0.15) is 24.5 Å². The number of para-hydroxylation sites is 1. The Hall–Kier alpha value is -2.01. The second kappa shape index (κ2) is 6.71. The lowest BCUT2D eigenvalue weighted by Gasteiger charge is -2.35. The maximum Gasteiger partial charge on any atom is 0.231 e. The van der Waals surface area contributed by atoms with E-state index < -0.39 is 0 Å². The third-order valence-corrected chi connectivity index (χ3v) is 5.58. The molecular formula is C20H20BrNO3. The molecule has 0 spiro atoms. The molecule has 2 aromatic rings. The predicted molar refractivity (Wildman–Crippen MR) is 101 cm³/mol. The Labute approximate surface area is 155 Å². The maximum atomic E-state index is 13.1. The molecule has 0 bridgehead atoms. The van der Waals surface area contributed by atoms with Crippen molar-refractivity contribution in [3.8, 4) is 11.5 Å². The van der Waals surface area contributed by atoms with Gasteiger partial charge in [-0.2, -0.15) is 0 Å². The van der Waals surface area contributed by atoms with E-state index in [0.29, 0.717) is 25.4 Å². The normalized spacial score (nSPS) is 18.6. The summed E-state index contributed by atoms with van der Waals surface area (Å²) >= 11 is 3.57. The Morgan fingerprint density at radius 3 is 2.72 bits per heavy atom. The SMILES string of the molecule is CC1CCc2ccccc2N1C(=O)Cc1cc2c(cc1Br)OCCO2. The molecule has 0 N–H and O–H groups in total. The van der Waals surface area contributed by atoms with Crippen LogP contribution in [0, 0.1) is 0 Å². The van der Waals surface area contributed by atoms with Crippen LogP contribution in [-0.4, -0.2) is 25.2 Å². The van der Waals surface area contributed by atoms with Crippen LogP contribution in [0.15, 0.2) is 40.9 Å². The largest absolute Gasteiger partial charge is 0.486 e. The molecule has 2 aliphatic heterocycles. The lowest BCUT2D eigenvalue weighted by molar-refractivity contribution is -0.118. The van der Waals surface area contributed by atoms with Crippen LogP contribution in [0.25, 0.3) is 0 Å². The van der Waals surface area contributed by atoms with Crippen molar-refractivity contribution < 1.29 is 14.3 Å². The topological polar surface area (TPSA) is 38.8 Å². The number of halogens is 1. The molecule has 0 fully saturated rings. The minimum absolute atomic E-state index is 0.108. The average molecular weight is 402 g/mol. The third-order valence-electron chi connectivity index (χ3n) is 4.84. The number of ether oxygens (including phenoxy) is 2. The van der Waals surface area contributed by atoms with Crippen LogP contribution >= 0.6 is 15.9 Å². The Bertz CT molecular complexity index is 821. The first kappa shape index (κ1) is 16.5. The van der Waals surface area contributed by atoms with E-state index in [1.54, 1.807) is 0 Å². The Morgan fingerprint density at radius 1 is 1.20 bits per heavy atom. The van der Waals surface area contributed by atoms with Gasteiger partial charge in [0.2, 0.25) is 5.91 Å². The van der Waals surface area contributed by atoms with Crippen molar-refractivity contribution in [1.29, 1.82) is 0 Å². The molecule has 2 aromatic carbocycles. The number of anilines is 1. The van der Waals surface area contributed by atoms with E-state index in [4.69, 9.17) is 9.47 Å². The van der Waals surface area contributed by atoms with Crippen molar-refractivity contribution in [1.82, 2.24) is 0 Å². The fourth-order valence-electron chi connectivity index (χ4n) is 3.56. The first-order chi connectivity index (χ1) is 12.1. The molecule has 2 heterocycles. The number of aryl methyl sites for hydroxylation is 1. The standard InChI is InChI=1S/C20H20BrNO3/c1-13-6-7-14-4-2-3-5-17(14)22(13)20(23)11-15-10-18-19(12-16(15)21)25-9-8-24-18/h2-5,10,12-13H,6-9,11H2,1H3. The molecular weight excluding hydrogens is 382 g/mol. The third kappa shape index (κ3) is 3.13. The highest BCUT2D eigenvalue weighted by molar-refractivity contribution is 9.10. The first-order valence-electron chi connectivity index (χ1n) is 8.61. The Morgan fingerprint density at radius 2 is 1.92 bits per heavy atom. The Balaban J connectivity index is 1.62. The summed E-state index contributed by atoms with van der Waals surface area (Å²) in [5, 5.41) is 0. The van der Waals surface area contributed by atoms with Crippen molar-refractivity contribution in [2.45, 2.75) is 32.2 Å². The van der Waals surface area contributed by atoms with Gasteiger partial charge in [-0.3, -0.25) is 4.79 Å². The summed E-state index contributed by atoms with van der Waals surface area (Å²) in [6, 6.07) is 12.2. The molecule has 130 valence electrons. The summed E-state index contributed by atoms with van der Waals surface area (Å²) in [4.78, 5) is 15.0. The molecule has 0 radical (unpaired) electrons. The highest BCUT2D eigenvalue weighted by Gasteiger charge is 2.28. The van der Waals surface area contributed by atoms with Gasteiger partial charge in [0.25, 0.3) is 0 Å². The van der Waals surface area contributed by atoms with Crippen LogP contribution in [0.3, 0.4) is 0 Å². The van der Waals surface area contributed by atoms with E-state index in [9.17, 15) is 4.79 Å². The highest BCUT2D eigenvalue weighted by atomic mass is 79.9. The summed E-state index contributed by atoms with van der Waals surface area (Å²) in [5.74, 6) is 1.55. The van der Waals surface area contributed by atoms with Crippen molar-refractivity contribution in [2.75, 3.05) is 18.1 Å². The minimum Gasteiger partial charge on any atom is -0.486 e. The van der Waals surface area contributed by atoms with Crippen molar-refractivity contribution in [2.24, 2.45) is 0 Å². The fraction of sp³-hybridized carbons (Fsp3) is 0.350. The van der Waals surface area contributed by atoms with Crippen molar-refractivity contribution >= 4 is 27.5 Å². The molecule has 1 atom stereocenters. The summed E-state index contributed by atoms with van der Waals surface area (Å²) in [6.07, 6.45) is 2.34. The summed E-state index contributed by atoms with van der Waals surface area (Å²) in [5.41, 5.74) is 3.21. The number of amides is 1. The molecule has 1 unspecified atom stereocenters. The van der Waals surface area contributed by atoms with Gasteiger partial charge < -0.3 is 14.4 Å².